The van der Waals surface area contributed by atoms with Gasteiger partial charge in [-0.1, -0.05) is 29.4 Å². The van der Waals surface area contributed by atoms with Crippen molar-refractivity contribution in [1.29, 1.82) is 0 Å². The number of benzene rings is 1. The molecule has 0 aliphatic carbocycles. The second-order valence-corrected chi connectivity index (χ2v) is 7.11. The van der Waals surface area contributed by atoms with Gasteiger partial charge in [-0.3, -0.25) is 9.78 Å². The minimum atomic E-state index is -0.0191. The summed E-state index contributed by atoms with van der Waals surface area (Å²) in [4.78, 5) is 19.1. The molecule has 26 heavy (non-hydrogen) atoms. The first-order valence-corrected chi connectivity index (χ1v) is 9.26. The van der Waals surface area contributed by atoms with E-state index in [2.05, 4.69) is 34.4 Å². The predicted molar refractivity (Wildman–Crippen MR) is 99.9 cm³/mol. The number of hydrogen-bond donors (Lipinski definition) is 0. The topological polar surface area (TPSA) is 59.2 Å². The fraction of sp³-hybridized carbons (Fsp3) is 0.381. The number of hydrogen-bond acceptors (Lipinski definition) is 4. The van der Waals surface area contributed by atoms with Crippen LogP contribution in [0.1, 0.15) is 41.1 Å². The van der Waals surface area contributed by atoms with E-state index < -0.39 is 0 Å². The van der Waals surface area contributed by atoms with Crippen molar-refractivity contribution in [3.63, 3.8) is 0 Å². The van der Waals surface area contributed by atoms with Gasteiger partial charge in [0.05, 0.1) is 5.52 Å². The molecule has 0 bridgehead atoms. The Morgan fingerprint density at radius 2 is 2.12 bits per heavy atom. The molecular formula is C21H23N3O2. The average molecular weight is 349 g/mol. The summed E-state index contributed by atoms with van der Waals surface area (Å²) in [5.41, 5.74) is 2.82. The number of carbonyl (C=O) groups is 1. The number of carbonyl (C=O) groups excluding carboxylic acids is 1. The molecule has 1 atom stereocenters. The lowest BCUT2D eigenvalue weighted by molar-refractivity contribution is 0.0749. The monoisotopic (exact) mass is 349 g/mol. The van der Waals surface area contributed by atoms with Crippen molar-refractivity contribution in [3.8, 4) is 0 Å². The molecular weight excluding hydrogens is 326 g/mol. The third kappa shape index (κ3) is 3.47. The normalized spacial score (nSPS) is 18.0. The fourth-order valence-electron chi connectivity index (χ4n) is 3.84. The number of pyridine rings is 1. The van der Waals surface area contributed by atoms with Crippen LogP contribution in [0.4, 0.5) is 0 Å². The van der Waals surface area contributed by atoms with Crippen molar-refractivity contribution >= 4 is 16.8 Å². The van der Waals surface area contributed by atoms with Crippen molar-refractivity contribution in [3.05, 3.63) is 59.6 Å². The van der Waals surface area contributed by atoms with Crippen LogP contribution in [0.3, 0.4) is 0 Å². The summed E-state index contributed by atoms with van der Waals surface area (Å²) in [7, 11) is 0. The molecule has 1 saturated heterocycles. The lowest BCUT2D eigenvalue weighted by Gasteiger charge is -2.19. The van der Waals surface area contributed by atoms with E-state index in [1.807, 2.05) is 17.2 Å². The summed E-state index contributed by atoms with van der Waals surface area (Å²) in [6.07, 6.45) is 6.03. The van der Waals surface area contributed by atoms with E-state index in [9.17, 15) is 4.79 Å². The lowest BCUT2D eigenvalue weighted by atomic mass is 9.91. The highest BCUT2D eigenvalue weighted by molar-refractivity contribution is 5.92. The summed E-state index contributed by atoms with van der Waals surface area (Å²) in [5.74, 6) is 1.22. The SMILES string of the molecule is Cc1cc(C(=O)N2CCCC(Cc3cccc4cccnc34)CC2)no1. The molecule has 5 heteroatoms. The van der Waals surface area contributed by atoms with Crippen LogP contribution in [0.15, 0.2) is 47.1 Å². The van der Waals surface area contributed by atoms with E-state index in [4.69, 9.17) is 4.52 Å². The van der Waals surface area contributed by atoms with E-state index in [0.29, 0.717) is 17.4 Å². The van der Waals surface area contributed by atoms with Crippen LogP contribution in [0.25, 0.3) is 10.9 Å². The van der Waals surface area contributed by atoms with E-state index in [1.165, 1.54) is 10.9 Å². The summed E-state index contributed by atoms with van der Waals surface area (Å²) in [5, 5.41) is 5.06. The molecule has 3 aromatic rings. The molecule has 2 aromatic heterocycles. The molecule has 1 fully saturated rings. The van der Waals surface area contributed by atoms with Crippen molar-refractivity contribution < 1.29 is 9.32 Å². The van der Waals surface area contributed by atoms with Gasteiger partial charge < -0.3 is 9.42 Å². The molecule has 0 saturated carbocycles. The maximum Gasteiger partial charge on any atom is 0.276 e. The summed E-state index contributed by atoms with van der Waals surface area (Å²) in [6.45, 7) is 3.36. The van der Waals surface area contributed by atoms with Crippen molar-refractivity contribution in [2.24, 2.45) is 5.92 Å². The molecule has 1 aromatic carbocycles. The number of likely N-dealkylation sites (tertiary alicyclic amines) is 1. The molecule has 1 amide bonds. The zero-order valence-corrected chi connectivity index (χ0v) is 15.0. The Labute approximate surface area is 153 Å². The third-order valence-electron chi connectivity index (χ3n) is 5.21. The van der Waals surface area contributed by atoms with Gasteiger partial charge in [0, 0.05) is 30.7 Å². The van der Waals surface area contributed by atoms with E-state index in [0.717, 1.165) is 44.3 Å². The Morgan fingerprint density at radius 3 is 2.96 bits per heavy atom. The zero-order valence-electron chi connectivity index (χ0n) is 15.0. The number of aryl methyl sites for hydroxylation is 1. The molecule has 134 valence electrons. The first-order valence-electron chi connectivity index (χ1n) is 9.26. The Hall–Kier alpha value is -2.69. The van der Waals surface area contributed by atoms with Crippen molar-refractivity contribution in [2.75, 3.05) is 13.1 Å². The molecule has 4 rings (SSSR count). The molecule has 3 heterocycles. The molecule has 1 aliphatic heterocycles. The van der Waals surface area contributed by atoms with Crippen LogP contribution in [0.2, 0.25) is 0 Å². The van der Waals surface area contributed by atoms with Gasteiger partial charge in [0.2, 0.25) is 0 Å². The van der Waals surface area contributed by atoms with Gasteiger partial charge in [0.15, 0.2) is 5.69 Å². The molecule has 1 unspecified atom stereocenters. The van der Waals surface area contributed by atoms with Crippen LogP contribution in [-0.2, 0) is 6.42 Å². The Balaban J connectivity index is 1.44. The van der Waals surface area contributed by atoms with Crippen molar-refractivity contribution in [1.82, 2.24) is 15.0 Å². The average Bonchev–Trinajstić information content (AvgIpc) is 2.96. The number of nitrogens with zero attached hydrogens (tertiary/aromatic N) is 3. The highest BCUT2D eigenvalue weighted by Crippen LogP contribution is 2.26. The molecule has 1 aliphatic rings. The summed E-state index contributed by atoms with van der Waals surface area (Å²) >= 11 is 0. The van der Waals surface area contributed by atoms with Crippen LogP contribution in [0.5, 0.6) is 0 Å². The Bertz CT molecular complexity index is 913. The van der Waals surface area contributed by atoms with Gasteiger partial charge in [-0.2, -0.15) is 0 Å². The van der Waals surface area contributed by atoms with Crippen LogP contribution in [-0.4, -0.2) is 34.0 Å². The maximum absolute atomic E-state index is 12.6. The van der Waals surface area contributed by atoms with Gasteiger partial charge >= 0.3 is 0 Å². The summed E-state index contributed by atoms with van der Waals surface area (Å²) < 4.78 is 5.04. The molecule has 0 radical (unpaired) electrons. The lowest BCUT2D eigenvalue weighted by Crippen LogP contribution is -2.32. The number of rotatable bonds is 3. The van der Waals surface area contributed by atoms with Crippen LogP contribution >= 0.6 is 0 Å². The second-order valence-electron chi connectivity index (χ2n) is 7.11. The largest absolute Gasteiger partial charge is 0.361 e. The predicted octanol–water partition coefficient (Wildman–Crippen LogP) is 4.02. The molecule has 0 N–H and O–H groups in total. The zero-order chi connectivity index (χ0) is 17.9. The smallest absolute Gasteiger partial charge is 0.276 e. The number of aromatic nitrogens is 2. The van der Waals surface area contributed by atoms with E-state index in [-0.39, 0.29) is 5.91 Å². The van der Waals surface area contributed by atoms with Gasteiger partial charge in [-0.25, -0.2) is 0 Å². The minimum absolute atomic E-state index is 0.0191. The highest BCUT2D eigenvalue weighted by atomic mass is 16.5. The van der Waals surface area contributed by atoms with Gasteiger partial charge in [-0.05, 0) is 50.2 Å². The minimum Gasteiger partial charge on any atom is -0.361 e. The van der Waals surface area contributed by atoms with Gasteiger partial charge in [-0.15, -0.1) is 0 Å². The summed E-state index contributed by atoms with van der Waals surface area (Å²) in [6, 6.07) is 12.2. The maximum atomic E-state index is 12.6. The fourth-order valence-corrected chi connectivity index (χ4v) is 3.84. The quantitative estimate of drug-likeness (QED) is 0.717. The van der Waals surface area contributed by atoms with Crippen molar-refractivity contribution in [2.45, 2.75) is 32.6 Å². The van der Waals surface area contributed by atoms with Gasteiger partial charge in [0.25, 0.3) is 5.91 Å². The first kappa shape index (κ1) is 16.8. The second kappa shape index (κ2) is 7.28. The standard InChI is InChI=1S/C21H23N3O2/c1-15-13-19(23-26-15)21(25)24-11-4-5-16(9-12-24)14-18-7-2-6-17-8-3-10-22-20(17)18/h2-3,6-8,10,13,16H,4-5,9,11-12,14H2,1H3. The van der Waals surface area contributed by atoms with Gasteiger partial charge in [0.1, 0.15) is 5.76 Å². The Morgan fingerprint density at radius 1 is 1.23 bits per heavy atom. The first-order chi connectivity index (χ1) is 12.7. The van der Waals surface area contributed by atoms with E-state index >= 15 is 0 Å². The molecule has 0 spiro atoms. The number of para-hydroxylation sites is 1. The Kier molecular flexibility index (Phi) is 4.69. The number of amides is 1. The van der Waals surface area contributed by atoms with Crippen LogP contribution in [0, 0.1) is 12.8 Å². The molecule has 5 nitrogen and oxygen atoms in total. The number of fused-ring (bicyclic) bond motifs is 1. The highest BCUT2D eigenvalue weighted by Gasteiger charge is 2.24. The van der Waals surface area contributed by atoms with Crippen LogP contribution < -0.4 is 0 Å². The third-order valence-corrected chi connectivity index (χ3v) is 5.21. The van der Waals surface area contributed by atoms with E-state index in [1.54, 1.807) is 13.0 Å².